The first-order valence-corrected chi connectivity index (χ1v) is 12.1. The van der Waals surface area contributed by atoms with Crippen molar-refractivity contribution in [3.63, 3.8) is 0 Å². The Morgan fingerprint density at radius 1 is 0.879 bits per heavy atom. The van der Waals surface area contributed by atoms with E-state index in [9.17, 15) is 5.11 Å². The molecule has 0 fully saturated rings. The molecular formula is C28H36NO4+. The Balaban J connectivity index is 1.85. The maximum absolute atomic E-state index is 10.6. The highest BCUT2D eigenvalue weighted by atomic mass is 16.5. The van der Waals surface area contributed by atoms with Gasteiger partial charge in [0.1, 0.15) is 0 Å². The normalized spacial score (nSPS) is 12.4. The molecule has 1 N–H and O–H groups in total. The average Bonchev–Trinajstić information content (AvgIpc) is 2.84. The number of fused-ring (bicyclic) bond motifs is 4. The lowest BCUT2D eigenvalue weighted by molar-refractivity contribution is -0.686. The van der Waals surface area contributed by atoms with E-state index < -0.39 is 0 Å². The van der Waals surface area contributed by atoms with Gasteiger partial charge in [0.15, 0.2) is 35.7 Å². The summed E-state index contributed by atoms with van der Waals surface area (Å²) in [6, 6.07) is 8.01. The van der Waals surface area contributed by atoms with Crippen LogP contribution in [0.1, 0.15) is 56.6 Å². The fourth-order valence-corrected chi connectivity index (χ4v) is 5.13. The van der Waals surface area contributed by atoms with Gasteiger partial charge >= 0.3 is 0 Å². The van der Waals surface area contributed by atoms with Crippen molar-refractivity contribution in [3.05, 3.63) is 41.6 Å². The fourth-order valence-electron chi connectivity index (χ4n) is 5.13. The summed E-state index contributed by atoms with van der Waals surface area (Å²) in [6.07, 6.45) is 11.6. The molecule has 0 radical (unpaired) electrons. The standard InChI is InChI=1S/C28H35NO4/c1-5-6-7-8-9-10-11-21-20-12-13-25(31-2)28(33-4)23(20)18-29-15-14-19-16-26(32-3)24(30)17-22(19)27(21)29/h12-13,16-18H,5-11,14-15H2,1-4H3/p+1. The second-order valence-electron chi connectivity index (χ2n) is 8.86. The maximum atomic E-state index is 10.6. The van der Waals surface area contributed by atoms with Crippen LogP contribution in [0.2, 0.25) is 0 Å². The first-order chi connectivity index (χ1) is 16.1. The van der Waals surface area contributed by atoms with Crippen LogP contribution in [-0.4, -0.2) is 26.4 Å². The van der Waals surface area contributed by atoms with Gasteiger partial charge in [-0.1, -0.05) is 39.0 Å². The van der Waals surface area contributed by atoms with E-state index in [1.54, 1.807) is 21.3 Å². The van der Waals surface area contributed by atoms with E-state index >= 15 is 0 Å². The molecule has 0 saturated heterocycles. The Kier molecular flexibility index (Phi) is 7.26. The van der Waals surface area contributed by atoms with Gasteiger partial charge < -0.3 is 19.3 Å². The monoisotopic (exact) mass is 450 g/mol. The highest BCUT2D eigenvalue weighted by molar-refractivity contribution is 5.95. The minimum atomic E-state index is 0.183. The van der Waals surface area contributed by atoms with E-state index in [0.717, 1.165) is 48.3 Å². The zero-order valence-corrected chi connectivity index (χ0v) is 20.4. The zero-order chi connectivity index (χ0) is 23.4. The van der Waals surface area contributed by atoms with Gasteiger partial charge in [0.2, 0.25) is 5.69 Å². The molecule has 5 nitrogen and oxygen atoms in total. The molecule has 0 unspecified atom stereocenters. The molecule has 0 atom stereocenters. The van der Waals surface area contributed by atoms with E-state index in [-0.39, 0.29) is 5.75 Å². The molecule has 1 aromatic heterocycles. The SMILES string of the molecule is CCCCCCCCc1c2[n+](cc3c(OC)c(OC)ccc13)CCc1cc(OC)c(O)cc1-2. The van der Waals surface area contributed by atoms with Crippen molar-refractivity contribution in [1.82, 2.24) is 0 Å². The number of methoxy groups -OCH3 is 3. The van der Waals surface area contributed by atoms with Crippen molar-refractivity contribution in [2.75, 3.05) is 21.3 Å². The van der Waals surface area contributed by atoms with Gasteiger partial charge in [-0.3, -0.25) is 0 Å². The number of unbranched alkanes of at least 4 members (excludes halogenated alkanes) is 5. The molecule has 0 spiro atoms. The third-order valence-electron chi connectivity index (χ3n) is 6.83. The number of aryl methyl sites for hydroxylation is 3. The highest BCUT2D eigenvalue weighted by Crippen LogP contribution is 2.42. The lowest BCUT2D eigenvalue weighted by atomic mass is 9.89. The Hall–Kier alpha value is -2.95. The van der Waals surface area contributed by atoms with Gasteiger partial charge in [-0.2, -0.15) is 4.57 Å². The second kappa shape index (κ2) is 10.3. The predicted molar refractivity (Wildman–Crippen MR) is 132 cm³/mol. The van der Waals surface area contributed by atoms with Gasteiger partial charge in [-0.05, 0) is 42.7 Å². The second-order valence-corrected chi connectivity index (χ2v) is 8.86. The zero-order valence-electron chi connectivity index (χ0n) is 20.4. The summed E-state index contributed by atoms with van der Waals surface area (Å²) < 4.78 is 19.1. The van der Waals surface area contributed by atoms with Crippen LogP contribution in [0.5, 0.6) is 23.0 Å². The van der Waals surface area contributed by atoms with Crippen molar-refractivity contribution in [2.45, 2.75) is 64.8 Å². The Morgan fingerprint density at radius 3 is 2.36 bits per heavy atom. The molecule has 4 rings (SSSR count). The number of hydrogen-bond acceptors (Lipinski definition) is 4. The highest BCUT2D eigenvalue weighted by Gasteiger charge is 2.31. The summed E-state index contributed by atoms with van der Waals surface area (Å²) in [5, 5.41) is 12.8. The number of hydrogen-bond donors (Lipinski definition) is 1. The summed E-state index contributed by atoms with van der Waals surface area (Å²) in [6.45, 7) is 3.12. The third kappa shape index (κ3) is 4.46. The van der Waals surface area contributed by atoms with E-state index in [1.807, 2.05) is 18.2 Å². The van der Waals surface area contributed by atoms with Gasteiger partial charge in [0.25, 0.3) is 0 Å². The largest absolute Gasteiger partial charge is 0.504 e. The molecule has 2 aromatic carbocycles. The molecule has 2 heterocycles. The molecule has 1 aliphatic heterocycles. The molecule has 3 aromatic rings. The van der Waals surface area contributed by atoms with Crippen LogP contribution < -0.4 is 18.8 Å². The van der Waals surface area contributed by atoms with Crippen molar-refractivity contribution >= 4 is 10.8 Å². The molecule has 0 amide bonds. The maximum Gasteiger partial charge on any atom is 0.216 e. The molecule has 5 heteroatoms. The number of pyridine rings is 1. The Bertz CT molecular complexity index is 1140. The van der Waals surface area contributed by atoms with E-state index in [4.69, 9.17) is 14.2 Å². The average molecular weight is 451 g/mol. The molecule has 1 aliphatic rings. The molecule has 0 bridgehead atoms. The number of rotatable bonds is 10. The fraction of sp³-hybridized carbons (Fsp3) is 0.464. The number of nitrogens with zero attached hydrogens (tertiary/aromatic N) is 1. The smallest absolute Gasteiger partial charge is 0.216 e. The van der Waals surface area contributed by atoms with E-state index in [2.05, 4.69) is 23.8 Å². The van der Waals surface area contributed by atoms with Crippen molar-refractivity contribution in [1.29, 1.82) is 0 Å². The molecule has 33 heavy (non-hydrogen) atoms. The molecule has 0 saturated carbocycles. The summed E-state index contributed by atoms with van der Waals surface area (Å²) >= 11 is 0. The van der Waals surface area contributed by atoms with E-state index in [1.165, 1.54) is 54.3 Å². The van der Waals surface area contributed by atoms with Crippen LogP contribution in [0.15, 0.2) is 30.5 Å². The number of phenolic OH excluding ortho intramolecular Hbond substituents is 1. The van der Waals surface area contributed by atoms with Crippen LogP contribution in [0.25, 0.3) is 22.0 Å². The predicted octanol–water partition coefficient (Wildman–Crippen LogP) is 5.98. The number of aromatic hydroxyl groups is 1. The summed E-state index contributed by atoms with van der Waals surface area (Å²) in [5.74, 6) is 2.24. The third-order valence-corrected chi connectivity index (χ3v) is 6.83. The summed E-state index contributed by atoms with van der Waals surface area (Å²) in [4.78, 5) is 0. The van der Waals surface area contributed by atoms with Gasteiger partial charge in [-0.15, -0.1) is 0 Å². The first kappa shape index (κ1) is 23.2. The minimum Gasteiger partial charge on any atom is -0.504 e. The lowest BCUT2D eigenvalue weighted by Crippen LogP contribution is -2.41. The number of benzene rings is 2. The van der Waals surface area contributed by atoms with Gasteiger partial charge in [-0.25, -0.2) is 0 Å². The van der Waals surface area contributed by atoms with Crippen LogP contribution >= 0.6 is 0 Å². The van der Waals surface area contributed by atoms with Gasteiger partial charge in [0, 0.05) is 17.4 Å². The van der Waals surface area contributed by atoms with Crippen molar-refractivity contribution in [2.24, 2.45) is 0 Å². The van der Waals surface area contributed by atoms with Crippen LogP contribution in [0, 0.1) is 0 Å². The lowest BCUT2D eigenvalue weighted by Gasteiger charge is -2.21. The van der Waals surface area contributed by atoms with E-state index in [0.29, 0.717) is 5.75 Å². The van der Waals surface area contributed by atoms with Crippen molar-refractivity contribution in [3.8, 4) is 34.3 Å². The summed E-state index contributed by atoms with van der Waals surface area (Å²) in [5.41, 5.74) is 4.82. The number of ether oxygens (including phenoxy) is 3. The number of aromatic nitrogens is 1. The molecule has 0 aliphatic carbocycles. The first-order valence-electron chi connectivity index (χ1n) is 12.1. The Labute approximate surface area is 196 Å². The van der Waals surface area contributed by atoms with Gasteiger partial charge in [0.05, 0.1) is 32.3 Å². The van der Waals surface area contributed by atoms with Crippen LogP contribution in [0.3, 0.4) is 0 Å². The molecule has 176 valence electrons. The summed E-state index contributed by atoms with van der Waals surface area (Å²) in [7, 11) is 4.98. The minimum absolute atomic E-state index is 0.183. The number of phenols is 1. The molecular weight excluding hydrogens is 414 g/mol. The van der Waals surface area contributed by atoms with Crippen LogP contribution in [-0.2, 0) is 19.4 Å². The quantitative estimate of drug-likeness (QED) is 0.305. The van der Waals surface area contributed by atoms with Crippen LogP contribution in [0.4, 0.5) is 0 Å². The Morgan fingerprint density at radius 2 is 1.64 bits per heavy atom. The topological polar surface area (TPSA) is 51.8 Å². The van der Waals surface area contributed by atoms with Crippen molar-refractivity contribution < 1.29 is 23.9 Å².